The molecule has 0 fully saturated rings. The molecule has 0 saturated carbocycles. The first-order chi connectivity index (χ1) is 12.3. The highest BCUT2D eigenvalue weighted by atomic mass is 32.2. The Morgan fingerprint density at radius 1 is 1.19 bits per heavy atom. The number of amides is 2. The molecule has 0 heterocycles. The number of carbonyl (C=O) groups is 2. The van der Waals surface area contributed by atoms with Crippen LogP contribution in [-0.2, 0) is 4.79 Å². The molecule has 136 valence electrons. The quantitative estimate of drug-likeness (QED) is 0.476. The number of nitro benzene ring substituents is 1. The van der Waals surface area contributed by atoms with Crippen LogP contribution < -0.4 is 5.32 Å². The second-order valence-electron chi connectivity index (χ2n) is 5.72. The van der Waals surface area contributed by atoms with Gasteiger partial charge in [0.25, 0.3) is 11.6 Å². The van der Waals surface area contributed by atoms with Crippen LogP contribution >= 0.6 is 11.8 Å². The van der Waals surface area contributed by atoms with Gasteiger partial charge in [0.2, 0.25) is 5.91 Å². The molecule has 0 aliphatic carbocycles. The van der Waals surface area contributed by atoms with Gasteiger partial charge in [0, 0.05) is 24.4 Å². The fraction of sp³-hybridized carbons (Fsp3) is 0.222. The average molecular weight is 373 g/mol. The van der Waals surface area contributed by atoms with Crippen LogP contribution in [0.2, 0.25) is 0 Å². The largest absolute Gasteiger partial charge is 0.332 e. The molecule has 0 atom stereocenters. The first-order valence-corrected chi connectivity index (χ1v) is 8.98. The topological polar surface area (TPSA) is 92.6 Å². The van der Waals surface area contributed by atoms with Crippen molar-refractivity contribution in [2.75, 3.05) is 25.2 Å². The number of aryl methyl sites for hydroxylation is 1. The molecule has 2 aromatic carbocycles. The van der Waals surface area contributed by atoms with Crippen molar-refractivity contribution in [1.29, 1.82) is 0 Å². The lowest BCUT2D eigenvalue weighted by Gasteiger charge is -2.17. The van der Waals surface area contributed by atoms with E-state index in [1.54, 1.807) is 18.4 Å². The monoisotopic (exact) mass is 373 g/mol. The standard InChI is InChI=1S/C18H19N3O4S/c1-12-4-7-14(8-5-12)19-17(22)11-20(2)18(23)13-6-9-16(26-3)15(10-13)21(24)25/h4-10H,11H2,1-3H3,(H,19,22). The van der Waals surface area contributed by atoms with Crippen LogP contribution in [0.1, 0.15) is 15.9 Å². The maximum atomic E-state index is 12.5. The zero-order chi connectivity index (χ0) is 19.3. The third-order valence-electron chi connectivity index (χ3n) is 3.69. The number of likely N-dealkylation sites (N-methyl/N-ethyl adjacent to an activating group) is 1. The molecule has 8 heteroatoms. The molecule has 0 unspecified atom stereocenters. The van der Waals surface area contributed by atoms with E-state index in [9.17, 15) is 19.7 Å². The molecule has 0 aliphatic heterocycles. The molecular weight excluding hydrogens is 354 g/mol. The number of rotatable bonds is 6. The minimum atomic E-state index is -0.521. The van der Waals surface area contributed by atoms with Gasteiger partial charge in [-0.25, -0.2) is 0 Å². The highest BCUT2D eigenvalue weighted by molar-refractivity contribution is 7.98. The zero-order valence-corrected chi connectivity index (χ0v) is 15.5. The van der Waals surface area contributed by atoms with Crippen LogP contribution in [0.15, 0.2) is 47.4 Å². The molecule has 2 aromatic rings. The zero-order valence-electron chi connectivity index (χ0n) is 14.7. The summed E-state index contributed by atoms with van der Waals surface area (Å²) in [5.41, 5.74) is 1.76. The van der Waals surface area contributed by atoms with Crippen molar-refractivity contribution in [3.05, 3.63) is 63.7 Å². The van der Waals surface area contributed by atoms with Crippen molar-refractivity contribution < 1.29 is 14.5 Å². The first kappa shape index (κ1) is 19.5. The lowest BCUT2D eigenvalue weighted by atomic mass is 10.1. The van der Waals surface area contributed by atoms with Gasteiger partial charge in [0.15, 0.2) is 0 Å². The van der Waals surface area contributed by atoms with E-state index in [1.165, 1.54) is 41.9 Å². The summed E-state index contributed by atoms with van der Waals surface area (Å²) in [5.74, 6) is -0.806. The number of benzene rings is 2. The Hall–Kier alpha value is -2.87. The van der Waals surface area contributed by atoms with Gasteiger partial charge >= 0.3 is 0 Å². The van der Waals surface area contributed by atoms with Gasteiger partial charge < -0.3 is 10.2 Å². The maximum Gasteiger partial charge on any atom is 0.283 e. The minimum absolute atomic E-state index is 0.124. The number of hydrogen-bond acceptors (Lipinski definition) is 5. The van der Waals surface area contributed by atoms with E-state index in [2.05, 4.69) is 5.32 Å². The molecule has 0 saturated heterocycles. The van der Waals surface area contributed by atoms with E-state index >= 15 is 0 Å². The third-order valence-corrected chi connectivity index (χ3v) is 4.47. The van der Waals surface area contributed by atoms with Gasteiger partial charge in [-0.2, -0.15) is 0 Å². The molecule has 2 amide bonds. The summed E-state index contributed by atoms with van der Waals surface area (Å²) in [6.07, 6.45) is 1.73. The van der Waals surface area contributed by atoms with Gasteiger partial charge in [0.05, 0.1) is 16.4 Å². The van der Waals surface area contributed by atoms with Crippen molar-refractivity contribution in [2.24, 2.45) is 0 Å². The summed E-state index contributed by atoms with van der Waals surface area (Å²) in [6.45, 7) is 1.78. The summed E-state index contributed by atoms with van der Waals surface area (Å²) < 4.78 is 0. The van der Waals surface area contributed by atoms with Crippen molar-refractivity contribution in [3.63, 3.8) is 0 Å². The molecule has 1 N–H and O–H groups in total. The van der Waals surface area contributed by atoms with Crippen LogP contribution in [0.5, 0.6) is 0 Å². The Balaban J connectivity index is 2.07. The van der Waals surface area contributed by atoms with E-state index < -0.39 is 10.8 Å². The van der Waals surface area contributed by atoms with Crippen LogP contribution in [-0.4, -0.2) is 41.5 Å². The molecule has 0 spiro atoms. The van der Waals surface area contributed by atoms with Gasteiger partial charge in [-0.15, -0.1) is 11.8 Å². The average Bonchev–Trinajstić information content (AvgIpc) is 2.62. The predicted molar refractivity (Wildman–Crippen MR) is 102 cm³/mol. The molecule has 7 nitrogen and oxygen atoms in total. The smallest absolute Gasteiger partial charge is 0.283 e. The minimum Gasteiger partial charge on any atom is -0.332 e. The second kappa shape index (κ2) is 8.48. The Kier molecular flexibility index (Phi) is 6.35. The normalized spacial score (nSPS) is 10.3. The highest BCUT2D eigenvalue weighted by Crippen LogP contribution is 2.28. The number of hydrogen-bond donors (Lipinski definition) is 1. The lowest BCUT2D eigenvalue weighted by molar-refractivity contribution is -0.387. The van der Waals surface area contributed by atoms with Crippen LogP contribution in [0.3, 0.4) is 0 Å². The van der Waals surface area contributed by atoms with Gasteiger partial charge in [-0.1, -0.05) is 17.7 Å². The van der Waals surface area contributed by atoms with E-state index in [4.69, 9.17) is 0 Å². The lowest BCUT2D eigenvalue weighted by Crippen LogP contribution is -2.34. The fourth-order valence-corrected chi connectivity index (χ4v) is 2.86. The Bertz CT molecular complexity index is 837. The molecule has 26 heavy (non-hydrogen) atoms. The Morgan fingerprint density at radius 2 is 1.85 bits per heavy atom. The number of anilines is 1. The van der Waals surface area contributed by atoms with Crippen molar-refractivity contribution >= 4 is 35.0 Å². The SMILES string of the molecule is CSc1ccc(C(=O)N(C)CC(=O)Nc2ccc(C)cc2)cc1[N+](=O)[O-]. The number of nitrogens with zero attached hydrogens (tertiary/aromatic N) is 2. The number of nitrogens with one attached hydrogen (secondary N) is 1. The summed E-state index contributed by atoms with van der Waals surface area (Å²) in [7, 11) is 1.48. The number of nitro groups is 1. The van der Waals surface area contributed by atoms with Crippen molar-refractivity contribution in [2.45, 2.75) is 11.8 Å². The summed E-state index contributed by atoms with van der Waals surface area (Å²) in [6, 6.07) is 11.6. The highest BCUT2D eigenvalue weighted by Gasteiger charge is 2.20. The maximum absolute atomic E-state index is 12.5. The van der Waals surface area contributed by atoms with E-state index in [0.29, 0.717) is 10.6 Å². The summed E-state index contributed by atoms with van der Waals surface area (Å²) in [4.78, 5) is 36.9. The van der Waals surface area contributed by atoms with E-state index in [1.807, 2.05) is 19.1 Å². The Labute approximate surface area is 155 Å². The summed E-state index contributed by atoms with van der Waals surface area (Å²) >= 11 is 1.23. The number of thioether (sulfide) groups is 1. The second-order valence-corrected chi connectivity index (χ2v) is 6.57. The fourth-order valence-electron chi connectivity index (χ4n) is 2.31. The van der Waals surface area contributed by atoms with Gasteiger partial charge in [-0.05, 0) is 37.4 Å². The van der Waals surface area contributed by atoms with Gasteiger partial charge in [-0.3, -0.25) is 19.7 Å². The van der Waals surface area contributed by atoms with Crippen molar-refractivity contribution in [1.82, 2.24) is 4.90 Å². The van der Waals surface area contributed by atoms with Gasteiger partial charge in [0.1, 0.15) is 0 Å². The Morgan fingerprint density at radius 3 is 2.42 bits per heavy atom. The predicted octanol–water partition coefficient (Wildman–Crippen LogP) is 3.34. The van der Waals surface area contributed by atoms with Crippen molar-refractivity contribution in [3.8, 4) is 0 Å². The molecule has 0 aliphatic rings. The van der Waals surface area contributed by atoms with E-state index in [0.717, 1.165) is 5.56 Å². The summed E-state index contributed by atoms with van der Waals surface area (Å²) in [5, 5.41) is 13.8. The molecule has 0 bridgehead atoms. The number of carbonyl (C=O) groups excluding carboxylic acids is 2. The molecular formula is C18H19N3O4S. The molecule has 0 aromatic heterocycles. The van der Waals surface area contributed by atoms with Crippen LogP contribution in [0.4, 0.5) is 11.4 Å². The van der Waals surface area contributed by atoms with Crippen LogP contribution in [0, 0.1) is 17.0 Å². The molecule has 0 radical (unpaired) electrons. The molecule has 2 rings (SSSR count). The first-order valence-electron chi connectivity index (χ1n) is 7.76. The van der Waals surface area contributed by atoms with Crippen LogP contribution in [0.25, 0.3) is 0 Å². The third kappa shape index (κ3) is 4.82. The van der Waals surface area contributed by atoms with E-state index in [-0.39, 0.29) is 23.7 Å².